The highest BCUT2D eigenvalue weighted by molar-refractivity contribution is 6.30. The van der Waals surface area contributed by atoms with E-state index in [2.05, 4.69) is 43.4 Å². The molecule has 0 aliphatic carbocycles. The highest BCUT2D eigenvalue weighted by Crippen LogP contribution is 2.24. The summed E-state index contributed by atoms with van der Waals surface area (Å²) in [6.07, 6.45) is 0. The van der Waals surface area contributed by atoms with Crippen LogP contribution in [0.2, 0.25) is 5.02 Å². The Morgan fingerprint density at radius 2 is 1.79 bits per heavy atom. The average molecular weight is 275 g/mol. The molecular formula is C16H19ClN2. The van der Waals surface area contributed by atoms with Crippen LogP contribution in [-0.2, 0) is 0 Å². The summed E-state index contributed by atoms with van der Waals surface area (Å²) in [5.41, 5.74) is 10.6. The SMILES string of the molecule is Cc1ccc(NC(CN)c2ccc(Cl)cc2C)cc1. The molecule has 0 heterocycles. The summed E-state index contributed by atoms with van der Waals surface area (Å²) in [4.78, 5) is 0. The number of aryl methyl sites for hydroxylation is 2. The summed E-state index contributed by atoms with van der Waals surface area (Å²) in [7, 11) is 0. The van der Waals surface area contributed by atoms with E-state index in [0.717, 1.165) is 16.3 Å². The fraction of sp³-hybridized carbons (Fsp3) is 0.250. The number of hydrogen-bond donors (Lipinski definition) is 2. The van der Waals surface area contributed by atoms with Crippen molar-refractivity contribution in [2.75, 3.05) is 11.9 Å². The molecule has 2 rings (SSSR count). The number of hydrogen-bond acceptors (Lipinski definition) is 2. The third kappa shape index (κ3) is 3.49. The minimum absolute atomic E-state index is 0.0972. The summed E-state index contributed by atoms with van der Waals surface area (Å²) in [5, 5.41) is 4.22. The van der Waals surface area contributed by atoms with E-state index in [1.54, 1.807) is 0 Å². The van der Waals surface area contributed by atoms with Crippen LogP contribution < -0.4 is 11.1 Å². The maximum atomic E-state index is 5.99. The van der Waals surface area contributed by atoms with Gasteiger partial charge in [-0.15, -0.1) is 0 Å². The van der Waals surface area contributed by atoms with Gasteiger partial charge >= 0.3 is 0 Å². The zero-order chi connectivity index (χ0) is 13.8. The monoisotopic (exact) mass is 274 g/mol. The predicted octanol–water partition coefficient (Wildman–Crippen LogP) is 4.07. The van der Waals surface area contributed by atoms with Gasteiger partial charge in [0.1, 0.15) is 0 Å². The molecule has 0 aliphatic rings. The highest BCUT2D eigenvalue weighted by Gasteiger charge is 2.12. The van der Waals surface area contributed by atoms with Crippen molar-refractivity contribution in [2.24, 2.45) is 5.73 Å². The lowest BCUT2D eigenvalue weighted by molar-refractivity contribution is 0.783. The molecule has 2 aromatic rings. The van der Waals surface area contributed by atoms with Crippen molar-refractivity contribution in [2.45, 2.75) is 19.9 Å². The van der Waals surface area contributed by atoms with Gasteiger partial charge in [-0.2, -0.15) is 0 Å². The van der Waals surface area contributed by atoms with Crippen LogP contribution in [0, 0.1) is 13.8 Å². The number of benzene rings is 2. The van der Waals surface area contributed by atoms with Crippen LogP contribution in [0.5, 0.6) is 0 Å². The molecule has 0 amide bonds. The van der Waals surface area contributed by atoms with Gasteiger partial charge in [0.25, 0.3) is 0 Å². The summed E-state index contributed by atoms with van der Waals surface area (Å²) in [6, 6.07) is 14.3. The molecule has 2 nitrogen and oxygen atoms in total. The van der Waals surface area contributed by atoms with Gasteiger partial charge in [-0.25, -0.2) is 0 Å². The Hall–Kier alpha value is -1.51. The van der Waals surface area contributed by atoms with Crippen LogP contribution in [-0.4, -0.2) is 6.54 Å². The largest absolute Gasteiger partial charge is 0.377 e. The number of nitrogens with two attached hydrogens (primary N) is 1. The molecule has 100 valence electrons. The zero-order valence-electron chi connectivity index (χ0n) is 11.3. The van der Waals surface area contributed by atoms with Crippen LogP contribution in [0.1, 0.15) is 22.7 Å². The van der Waals surface area contributed by atoms with Gasteiger partial charge in [0.2, 0.25) is 0 Å². The molecule has 0 saturated carbocycles. The van der Waals surface area contributed by atoms with Crippen molar-refractivity contribution in [3.05, 3.63) is 64.2 Å². The lowest BCUT2D eigenvalue weighted by Crippen LogP contribution is -2.21. The molecular weight excluding hydrogens is 256 g/mol. The van der Waals surface area contributed by atoms with Crippen LogP contribution in [0.25, 0.3) is 0 Å². The second-order valence-corrected chi connectivity index (χ2v) is 5.24. The normalized spacial score (nSPS) is 12.2. The van der Waals surface area contributed by atoms with Gasteiger partial charge in [0, 0.05) is 17.3 Å². The second-order valence-electron chi connectivity index (χ2n) is 4.80. The van der Waals surface area contributed by atoms with Crippen LogP contribution >= 0.6 is 11.6 Å². The first-order valence-electron chi connectivity index (χ1n) is 6.39. The Bertz CT molecular complexity index is 549. The Balaban J connectivity index is 2.22. The lowest BCUT2D eigenvalue weighted by atomic mass is 10.0. The molecule has 0 spiro atoms. The Morgan fingerprint density at radius 1 is 1.11 bits per heavy atom. The molecule has 3 N–H and O–H groups in total. The standard InChI is InChI=1S/C16H19ClN2/c1-11-3-6-14(7-4-11)19-16(10-18)15-8-5-13(17)9-12(15)2/h3-9,16,19H,10,18H2,1-2H3. The lowest BCUT2D eigenvalue weighted by Gasteiger charge is -2.21. The first kappa shape index (κ1) is 13.9. The number of anilines is 1. The summed E-state index contributed by atoms with van der Waals surface area (Å²) >= 11 is 5.99. The van der Waals surface area contributed by atoms with Gasteiger partial charge in [-0.05, 0) is 49.2 Å². The molecule has 3 heteroatoms. The molecule has 0 saturated heterocycles. The number of nitrogens with one attached hydrogen (secondary N) is 1. The van der Waals surface area contributed by atoms with E-state index in [1.165, 1.54) is 11.1 Å². The number of halogens is 1. The smallest absolute Gasteiger partial charge is 0.0638 e. The molecule has 1 atom stereocenters. The van der Waals surface area contributed by atoms with E-state index in [1.807, 2.05) is 18.2 Å². The van der Waals surface area contributed by atoms with E-state index in [0.29, 0.717) is 6.54 Å². The first-order valence-corrected chi connectivity index (χ1v) is 6.77. The van der Waals surface area contributed by atoms with Gasteiger partial charge < -0.3 is 11.1 Å². The summed E-state index contributed by atoms with van der Waals surface area (Å²) in [6.45, 7) is 4.67. The molecule has 0 aliphatic heterocycles. The molecule has 0 fully saturated rings. The molecule has 0 radical (unpaired) electrons. The van der Waals surface area contributed by atoms with Crippen molar-refractivity contribution in [1.29, 1.82) is 0 Å². The van der Waals surface area contributed by atoms with Crippen LogP contribution in [0.4, 0.5) is 5.69 Å². The average Bonchev–Trinajstić information content (AvgIpc) is 2.39. The van der Waals surface area contributed by atoms with E-state index in [-0.39, 0.29) is 6.04 Å². The fourth-order valence-electron chi connectivity index (χ4n) is 2.14. The maximum Gasteiger partial charge on any atom is 0.0638 e. The minimum atomic E-state index is 0.0972. The quantitative estimate of drug-likeness (QED) is 0.882. The van der Waals surface area contributed by atoms with Gasteiger partial charge in [0.05, 0.1) is 6.04 Å². The van der Waals surface area contributed by atoms with Gasteiger partial charge in [0.15, 0.2) is 0 Å². The summed E-state index contributed by atoms with van der Waals surface area (Å²) in [5.74, 6) is 0. The van der Waals surface area contributed by atoms with Crippen LogP contribution in [0.15, 0.2) is 42.5 Å². The fourth-order valence-corrected chi connectivity index (χ4v) is 2.37. The molecule has 19 heavy (non-hydrogen) atoms. The third-order valence-corrected chi connectivity index (χ3v) is 3.47. The van der Waals surface area contributed by atoms with E-state index in [9.17, 15) is 0 Å². The van der Waals surface area contributed by atoms with E-state index in [4.69, 9.17) is 17.3 Å². The topological polar surface area (TPSA) is 38.0 Å². The zero-order valence-corrected chi connectivity index (χ0v) is 12.0. The molecule has 2 aromatic carbocycles. The van der Waals surface area contributed by atoms with Crippen LogP contribution in [0.3, 0.4) is 0 Å². The third-order valence-electron chi connectivity index (χ3n) is 3.24. The predicted molar refractivity (Wildman–Crippen MR) is 82.8 cm³/mol. The molecule has 1 unspecified atom stereocenters. The summed E-state index contributed by atoms with van der Waals surface area (Å²) < 4.78 is 0. The van der Waals surface area contributed by atoms with Gasteiger partial charge in [-0.1, -0.05) is 35.4 Å². The molecule has 0 bridgehead atoms. The van der Waals surface area contributed by atoms with Crippen molar-refractivity contribution in [3.8, 4) is 0 Å². The maximum absolute atomic E-state index is 5.99. The number of rotatable bonds is 4. The Labute approximate surface area is 119 Å². The van der Waals surface area contributed by atoms with E-state index < -0.39 is 0 Å². The highest BCUT2D eigenvalue weighted by atomic mass is 35.5. The van der Waals surface area contributed by atoms with Crippen molar-refractivity contribution >= 4 is 17.3 Å². The van der Waals surface area contributed by atoms with Crippen molar-refractivity contribution < 1.29 is 0 Å². The molecule has 0 aromatic heterocycles. The minimum Gasteiger partial charge on any atom is -0.377 e. The Kier molecular flexibility index (Phi) is 4.46. The first-order chi connectivity index (χ1) is 9.10. The van der Waals surface area contributed by atoms with Gasteiger partial charge in [-0.3, -0.25) is 0 Å². The van der Waals surface area contributed by atoms with Crippen molar-refractivity contribution in [1.82, 2.24) is 0 Å². The van der Waals surface area contributed by atoms with Crippen molar-refractivity contribution in [3.63, 3.8) is 0 Å². The van der Waals surface area contributed by atoms with E-state index >= 15 is 0 Å². The Morgan fingerprint density at radius 3 is 2.37 bits per heavy atom. The second kappa shape index (κ2) is 6.09.